The van der Waals surface area contributed by atoms with Crippen molar-refractivity contribution in [3.05, 3.63) is 83.9 Å². The Morgan fingerprint density at radius 3 is 2.39 bits per heavy atom. The molecule has 0 radical (unpaired) electrons. The fourth-order valence-corrected chi connectivity index (χ4v) is 3.15. The molecular formula is C23H21NO4. The van der Waals surface area contributed by atoms with E-state index in [-0.39, 0.29) is 19.2 Å². The summed E-state index contributed by atoms with van der Waals surface area (Å²) in [6.07, 6.45) is 0. The number of ether oxygens (including phenoxy) is 2. The molecule has 1 amide bonds. The van der Waals surface area contributed by atoms with Crippen LogP contribution in [0.1, 0.15) is 22.8 Å². The Morgan fingerprint density at radius 2 is 1.64 bits per heavy atom. The Bertz CT molecular complexity index is 981. The van der Waals surface area contributed by atoms with Crippen molar-refractivity contribution >= 4 is 5.91 Å². The number of carbonyl (C=O) groups excluding carboxylic acids is 1. The van der Waals surface area contributed by atoms with Gasteiger partial charge in [-0.15, -0.1) is 0 Å². The molecule has 1 heterocycles. The zero-order valence-corrected chi connectivity index (χ0v) is 15.5. The summed E-state index contributed by atoms with van der Waals surface area (Å²) in [6, 6.07) is 22.8. The SMILES string of the molecule is CC(O)(CNC(=O)c1ccc2c(c1)OCO2)c1ccc(-c2ccccc2)cc1. The predicted octanol–water partition coefficient (Wildman–Crippen LogP) is 3.72. The first-order valence-electron chi connectivity index (χ1n) is 9.09. The van der Waals surface area contributed by atoms with Gasteiger partial charge in [0, 0.05) is 5.56 Å². The summed E-state index contributed by atoms with van der Waals surface area (Å²) in [4.78, 5) is 12.4. The van der Waals surface area contributed by atoms with Crippen LogP contribution in [0.5, 0.6) is 11.5 Å². The fourth-order valence-electron chi connectivity index (χ4n) is 3.15. The maximum atomic E-state index is 12.4. The monoisotopic (exact) mass is 375 g/mol. The highest BCUT2D eigenvalue weighted by atomic mass is 16.7. The van der Waals surface area contributed by atoms with Crippen LogP contribution in [0.2, 0.25) is 0 Å². The normalized spacial score (nSPS) is 14.4. The van der Waals surface area contributed by atoms with Gasteiger partial charge >= 0.3 is 0 Å². The van der Waals surface area contributed by atoms with Crippen molar-refractivity contribution in [1.82, 2.24) is 5.32 Å². The molecule has 1 unspecified atom stereocenters. The summed E-state index contributed by atoms with van der Waals surface area (Å²) in [5.74, 6) is 0.900. The molecule has 0 aliphatic carbocycles. The molecule has 2 N–H and O–H groups in total. The summed E-state index contributed by atoms with van der Waals surface area (Å²) in [7, 11) is 0. The van der Waals surface area contributed by atoms with Crippen molar-refractivity contribution < 1.29 is 19.4 Å². The van der Waals surface area contributed by atoms with Crippen molar-refractivity contribution in [2.75, 3.05) is 13.3 Å². The number of carbonyl (C=O) groups is 1. The Morgan fingerprint density at radius 1 is 0.964 bits per heavy atom. The molecule has 1 aliphatic rings. The number of rotatable bonds is 5. The quantitative estimate of drug-likeness (QED) is 0.713. The van der Waals surface area contributed by atoms with Gasteiger partial charge < -0.3 is 19.9 Å². The maximum Gasteiger partial charge on any atom is 0.251 e. The highest BCUT2D eigenvalue weighted by molar-refractivity contribution is 5.95. The van der Waals surface area contributed by atoms with Crippen molar-refractivity contribution in [2.45, 2.75) is 12.5 Å². The summed E-state index contributed by atoms with van der Waals surface area (Å²) in [6.45, 7) is 1.93. The van der Waals surface area contributed by atoms with E-state index in [0.29, 0.717) is 17.1 Å². The van der Waals surface area contributed by atoms with Crippen molar-refractivity contribution in [2.24, 2.45) is 0 Å². The zero-order valence-electron chi connectivity index (χ0n) is 15.5. The van der Waals surface area contributed by atoms with E-state index in [1.165, 1.54) is 0 Å². The first-order chi connectivity index (χ1) is 13.5. The van der Waals surface area contributed by atoms with Crippen molar-refractivity contribution in [3.8, 4) is 22.6 Å². The molecule has 5 heteroatoms. The Balaban J connectivity index is 1.43. The molecule has 1 atom stereocenters. The minimum atomic E-state index is -1.19. The summed E-state index contributed by atoms with van der Waals surface area (Å²) < 4.78 is 10.6. The van der Waals surface area contributed by atoms with Crippen LogP contribution in [0.15, 0.2) is 72.8 Å². The van der Waals surface area contributed by atoms with Gasteiger partial charge in [0.1, 0.15) is 5.60 Å². The predicted molar refractivity (Wildman–Crippen MR) is 106 cm³/mol. The van der Waals surface area contributed by atoms with Crippen molar-refractivity contribution in [1.29, 1.82) is 0 Å². The molecule has 0 spiro atoms. The maximum absolute atomic E-state index is 12.4. The van der Waals surface area contributed by atoms with E-state index < -0.39 is 5.60 Å². The van der Waals surface area contributed by atoms with Crippen LogP contribution < -0.4 is 14.8 Å². The lowest BCUT2D eigenvalue weighted by molar-refractivity contribution is 0.0526. The lowest BCUT2D eigenvalue weighted by Gasteiger charge is -2.24. The standard InChI is InChI=1S/C23H21NO4/c1-23(26,19-10-7-17(8-11-19)16-5-3-2-4-6-16)14-24-22(25)18-9-12-20-21(13-18)28-15-27-20/h2-13,26H,14-15H2,1H3,(H,24,25). The van der Waals surface area contributed by atoms with Crippen LogP contribution in [0.4, 0.5) is 0 Å². The fraction of sp³-hybridized carbons (Fsp3) is 0.174. The average molecular weight is 375 g/mol. The van der Waals surface area contributed by atoms with E-state index in [9.17, 15) is 9.90 Å². The number of hydrogen-bond acceptors (Lipinski definition) is 4. The number of aliphatic hydroxyl groups is 1. The summed E-state index contributed by atoms with van der Waals surface area (Å²) >= 11 is 0. The first kappa shape index (κ1) is 18.1. The lowest BCUT2D eigenvalue weighted by atomic mass is 9.93. The third kappa shape index (κ3) is 3.70. The minimum absolute atomic E-state index is 0.0883. The highest BCUT2D eigenvalue weighted by Crippen LogP contribution is 2.32. The van der Waals surface area contributed by atoms with E-state index in [2.05, 4.69) is 5.32 Å². The van der Waals surface area contributed by atoms with E-state index in [0.717, 1.165) is 16.7 Å². The van der Waals surface area contributed by atoms with Gasteiger partial charge in [0.25, 0.3) is 5.91 Å². The topological polar surface area (TPSA) is 67.8 Å². The highest BCUT2D eigenvalue weighted by Gasteiger charge is 2.24. The number of nitrogens with one attached hydrogen (secondary N) is 1. The summed E-state index contributed by atoms with van der Waals surface area (Å²) in [5, 5.41) is 13.6. The molecular weight excluding hydrogens is 354 g/mol. The molecule has 28 heavy (non-hydrogen) atoms. The van der Waals surface area contributed by atoms with Crippen LogP contribution in [-0.4, -0.2) is 24.4 Å². The molecule has 1 aliphatic heterocycles. The molecule has 0 aromatic heterocycles. The smallest absolute Gasteiger partial charge is 0.251 e. The van der Waals surface area contributed by atoms with Crippen molar-refractivity contribution in [3.63, 3.8) is 0 Å². The molecule has 0 bridgehead atoms. The Hall–Kier alpha value is -3.31. The summed E-state index contributed by atoms with van der Waals surface area (Å²) in [5.41, 5.74) is 2.19. The minimum Gasteiger partial charge on any atom is -0.454 e. The van der Waals surface area contributed by atoms with E-state index in [1.807, 2.05) is 54.6 Å². The largest absolute Gasteiger partial charge is 0.454 e. The van der Waals surface area contributed by atoms with Gasteiger partial charge in [-0.25, -0.2) is 0 Å². The molecule has 3 aromatic carbocycles. The second kappa shape index (κ2) is 7.37. The zero-order chi connectivity index (χ0) is 19.6. The Kier molecular flexibility index (Phi) is 4.75. The molecule has 0 saturated heterocycles. The molecule has 3 aromatic rings. The van der Waals surface area contributed by atoms with Gasteiger partial charge in [-0.3, -0.25) is 4.79 Å². The van der Waals surface area contributed by atoms with Crippen LogP contribution >= 0.6 is 0 Å². The van der Waals surface area contributed by atoms with Gasteiger partial charge in [0.05, 0.1) is 6.54 Å². The van der Waals surface area contributed by atoms with Crippen LogP contribution in [-0.2, 0) is 5.60 Å². The third-order valence-electron chi connectivity index (χ3n) is 4.84. The number of fused-ring (bicyclic) bond motifs is 1. The van der Waals surface area contributed by atoms with Crippen LogP contribution in [0, 0.1) is 0 Å². The van der Waals surface area contributed by atoms with Gasteiger partial charge in [-0.05, 0) is 41.8 Å². The molecule has 5 nitrogen and oxygen atoms in total. The van der Waals surface area contributed by atoms with Crippen LogP contribution in [0.3, 0.4) is 0 Å². The number of amides is 1. The van der Waals surface area contributed by atoms with Gasteiger partial charge in [-0.1, -0.05) is 54.6 Å². The molecule has 0 fully saturated rings. The van der Waals surface area contributed by atoms with Gasteiger partial charge in [0.2, 0.25) is 6.79 Å². The number of hydrogen-bond donors (Lipinski definition) is 2. The second-order valence-corrected chi connectivity index (χ2v) is 6.97. The molecule has 0 saturated carbocycles. The second-order valence-electron chi connectivity index (χ2n) is 6.97. The lowest BCUT2D eigenvalue weighted by Crippen LogP contribution is -2.38. The molecule has 142 valence electrons. The van der Waals surface area contributed by atoms with E-state index in [1.54, 1.807) is 25.1 Å². The third-order valence-corrected chi connectivity index (χ3v) is 4.84. The number of benzene rings is 3. The van der Waals surface area contributed by atoms with Gasteiger partial charge in [-0.2, -0.15) is 0 Å². The average Bonchev–Trinajstić information content (AvgIpc) is 3.21. The van der Waals surface area contributed by atoms with E-state index >= 15 is 0 Å². The molecule has 4 rings (SSSR count). The van der Waals surface area contributed by atoms with E-state index in [4.69, 9.17) is 9.47 Å². The van der Waals surface area contributed by atoms with Crippen LogP contribution in [0.25, 0.3) is 11.1 Å². The first-order valence-corrected chi connectivity index (χ1v) is 9.09. The Labute approximate surface area is 163 Å². The van der Waals surface area contributed by atoms with Gasteiger partial charge in [0.15, 0.2) is 11.5 Å².